The van der Waals surface area contributed by atoms with Crippen LogP contribution >= 0.6 is 0 Å². The number of oxime groups is 1. The molecule has 5 fully saturated rings. The van der Waals surface area contributed by atoms with Crippen LogP contribution in [0.5, 0.6) is 0 Å². The van der Waals surface area contributed by atoms with Gasteiger partial charge in [0.05, 0.1) is 5.71 Å². The van der Waals surface area contributed by atoms with E-state index in [0.717, 1.165) is 58.0 Å². The SMILES string of the molecule is C=C1CC2C3CC(F)C(=O)C3(C)CCC2C2(C)CCC(=NOC3CCNC3)C(CC)C12. The lowest BCUT2D eigenvalue weighted by Gasteiger charge is -2.61. The van der Waals surface area contributed by atoms with Crippen LogP contribution in [0, 0.1) is 40.4 Å². The number of allylic oxidation sites excluding steroid dienone is 1. The summed E-state index contributed by atoms with van der Waals surface area (Å²) in [6.45, 7) is 13.3. The molecular formula is C26H39FN2O2. The molecule has 5 heteroatoms. The van der Waals surface area contributed by atoms with Gasteiger partial charge >= 0.3 is 0 Å². The number of carbonyl (C=O) groups excluding carboxylic acids is 1. The molecule has 0 amide bonds. The molecule has 0 aromatic rings. The minimum absolute atomic E-state index is 0.128. The van der Waals surface area contributed by atoms with Gasteiger partial charge in [-0.2, -0.15) is 0 Å². The van der Waals surface area contributed by atoms with Crippen molar-refractivity contribution in [2.75, 3.05) is 13.1 Å². The Morgan fingerprint density at radius 2 is 2.06 bits per heavy atom. The highest BCUT2D eigenvalue weighted by molar-refractivity contribution is 5.91. The minimum Gasteiger partial charge on any atom is -0.391 e. The number of alkyl halides is 1. The number of rotatable bonds is 3. The van der Waals surface area contributed by atoms with Crippen molar-refractivity contribution in [2.45, 2.75) is 84.4 Å². The van der Waals surface area contributed by atoms with E-state index in [-0.39, 0.29) is 23.2 Å². The second-order valence-electron chi connectivity index (χ2n) is 11.6. The fourth-order valence-electron chi connectivity index (χ4n) is 8.57. The third-order valence-electron chi connectivity index (χ3n) is 10.2. The Kier molecular flexibility index (Phi) is 5.35. The maximum atomic E-state index is 14.5. The summed E-state index contributed by atoms with van der Waals surface area (Å²) in [5.41, 5.74) is 2.23. The smallest absolute Gasteiger partial charge is 0.173 e. The predicted octanol–water partition coefficient (Wildman–Crippen LogP) is 5.08. The van der Waals surface area contributed by atoms with E-state index in [9.17, 15) is 9.18 Å². The first kappa shape index (κ1) is 21.6. The summed E-state index contributed by atoms with van der Waals surface area (Å²) in [5, 5.41) is 8.05. The summed E-state index contributed by atoms with van der Waals surface area (Å²) >= 11 is 0. The van der Waals surface area contributed by atoms with Crippen molar-refractivity contribution in [1.29, 1.82) is 0 Å². The molecule has 172 valence electrons. The molecule has 0 bridgehead atoms. The largest absolute Gasteiger partial charge is 0.391 e. The Balaban J connectivity index is 1.42. The first-order valence-corrected chi connectivity index (χ1v) is 12.6. The zero-order chi connectivity index (χ0) is 22.0. The van der Waals surface area contributed by atoms with E-state index in [2.05, 4.69) is 25.7 Å². The molecule has 1 heterocycles. The van der Waals surface area contributed by atoms with Crippen molar-refractivity contribution in [3.05, 3.63) is 12.2 Å². The number of halogens is 1. The average Bonchev–Trinajstić information content (AvgIpc) is 3.34. The number of hydrogen-bond acceptors (Lipinski definition) is 4. The highest BCUT2D eigenvalue weighted by Gasteiger charge is 2.64. The molecule has 0 aromatic heterocycles. The summed E-state index contributed by atoms with van der Waals surface area (Å²) in [5.74, 6) is 1.80. The lowest BCUT2D eigenvalue weighted by Crippen LogP contribution is -2.56. The van der Waals surface area contributed by atoms with E-state index in [1.54, 1.807) is 0 Å². The fraction of sp³-hybridized carbons (Fsp3) is 0.846. The zero-order valence-electron chi connectivity index (χ0n) is 19.5. The van der Waals surface area contributed by atoms with Gasteiger partial charge in [-0.3, -0.25) is 4.79 Å². The van der Waals surface area contributed by atoms with E-state index in [4.69, 9.17) is 9.99 Å². The summed E-state index contributed by atoms with van der Waals surface area (Å²) in [6.07, 6.45) is 6.36. The summed E-state index contributed by atoms with van der Waals surface area (Å²) in [4.78, 5) is 18.6. The molecule has 5 rings (SSSR count). The second-order valence-corrected chi connectivity index (χ2v) is 11.6. The van der Waals surface area contributed by atoms with Crippen LogP contribution in [0.2, 0.25) is 0 Å². The molecule has 1 N–H and O–H groups in total. The summed E-state index contributed by atoms with van der Waals surface area (Å²) in [7, 11) is 0. The van der Waals surface area contributed by atoms with E-state index in [1.807, 2.05) is 6.92 Å². The minimum atomic E-state index is -1.26. The number of nitrogens with zero attached hydrogens (tertiary/aromatic N) is 1. The summed E-state index contributed by atoms with van der Waals surface area (Å²) in [6, 6.07) is 0. The lowest BCUT2D eigenvalue weighted by molar-refractivity contribution is -0.137. The van der Waals surface area contributed by atoms with Gasteiger partial charge in [-0.05, 0) is 80.6 Å². The number of Topliss-reactive ketones (excluding diaryl/α,β-unsaturated/α-hetero) is 1. The van der Waals surface area contributed by atoms with Crippen molar-refractivity contribution >= 4 is 11.5 Å². The van der Waals surface area contributed by atoms with Crippen LogP contribution in [-0.4, -0.2) is 36.9 Å². The highest BCUT2D eigenvalue weighted by atomic mass is 19.1. The van der Waals surface area contributed by atoms with Gasteiger partial charge < -0.3 is 10.2 Å². The van der Waals surface area contributed by atoms with Crippen LogP contribution in [0.1, 0.15) is 72.1 Å². The molecule has 31 heavy (non-hydrogen) atoms. The highest BCUT2D eigenvalue weighted by Crippen LogP contribution is 2.67. The van der Waals surface area contributed by atoms with Gasteiger partial charge in [-0.15, -0.1) is 0 Å². The second kappa shape index (κ2) is 7.67. The third kappa shape index (κ3) is 3.16. The molecule has 0 aromatic carbocycles. The molecule has 1 saturated heterocycles. The van der Waals surface area contributed by atoms with E-state index in [1.165, 1.54) is 11.3 Å². The Bertz CT molecular complexity index is 790. The van der Waals surface area contributed by atoms with Gasteiger partial charge in [0.2, 0.25) is 0 Å². The zero-order valence-corrected chi connectivity index (χ0v) is 19.5. The van der Waals surface area contributed by atoms with E-state index >= 15 is 0 Å². The Morgan fingerprint density at radius 3 is 2.77 bits per heavy atom. The average molecular weight is 431 g/mol. The number of carbonyl (C=O) groups is 1. The topological polar surface area (TPSA) is 50.7 Å². The van der Waals surface area contributed by atoms with Crippen LogP contribution in [0.3, 0.4) is 0 Å². The molecule has 9 unspecified atom stereocenters. The van der Waals surface area contributed by atoms with Crippen molar-refractivity contribution in [2.24, 2.45) is 45.6 Å². The first-order valence-electron chi connectivity index (χ1n) is 12.6. The van der Waals surface area contributed by atoms with E-state index < -0.39 is 11.6 Å². The predicted molar refractivity (Wildman–Crippen MR) is 120 cm³/mol. The van der Waals surface area contributed by atoms with Crippen molar-refractivity contribution < 1.29 is 14.0 Å². The van der Waals surface area contributed by atoms with Gasteiger partial charge in [0, 0.05) is 24.3 Å². The van der Waals surface area contributed by atoms with Crippen LogP contribution in [-0.2, 0) is 9.63 Å². The third-order valence-corrected chi connectivity index (χ3v) is 10.2. The molecule has 4 saturated carbocycles. The molecule has 0 spiro atoms. The maximum absolute atomic E-state index is 14.5. The standard InChI is InChI=1S/C26H39FN2O2/c1-5-17-22(29-31-16-8-11-28-14-16)7-10-25(3)19-6-9-26(4)20(13-21(27)24(26)30)18(19)12-15(2)23(17)25/h16-21,23,28H,2,5-14H2,1,3-4H3. The first-order chi connectivity index (χ1) is 14.8. The van der Waals surface area contributed by atoms with Crippen LogP contribution in [0.25, 0.3) is 0 Å². The van der Waals surface area contributed by atoms with Crippen LogP contribution in [0.4, 0.5) is 4.39 Å². The fourth-order valence-corrected chi connectivity index (χ4v) is 8.57. The van der Waals surface area contributed by atoms with Gasteiger partial charge in [-0.25, -0.2) is 4.39 Å². The number of hydrogen-bond donors (Lipinski definition) is 1. The van der Waals surface area contributed by atoms with Gasteiger partial charge in [0.25, 0.3) is 0 Å². The molecule has 5 aliphatic rings. The molecule has 1 aliphatic heterocycles. The van der Waals surface area contributed by atoms with Crippen LogP contribution < -0.4 is 5.32 Å². The number of fused-ring (bicyclic) bond motifs is 5. The maximum Gasteiger partial charge on any atom is 0.173 e. The van der Waals surface area contributed by atoms with Gasteiger partial charge in [0.1, 0.15) is 6.10 Å². The Morgan fingerprint density at radius 1 is 1.26 bits per heavy atom. The quantitative estimate of drug-likeness (QED) is 0.502. The van der Waals surface area contributed by atoms with E-state index in [0.29, 0.717) is 30.1 Å². The monoisotopic (exact) mass is 430 g/mol. The van der Waals surface area contributed by atoms with Crippen molar-refractivity contribution in [3.8, 4) is 0 Å². The summed E-state index contributed by atoms with van der Waals surface area (Å²) < 4.78 is 14.5. The van der Waals surface area contributed by atoms with Crippen molar-refractivity contribution in [3.63, 3.8) is 0 Å². The Hall–Kier alpha value is -1.23. The van der Waals surface area contributed by atoms with Gasteiger partial charge in [-0.1, -0.05) is 38.1 Å². The normalized spacial score (nSPS) is 50.8. The van der Waals surface area contributed by atoms with Crippen LogP contribution in [0.15, 0.2) is 17.3 Å². The van der Waals surface area contributed by atoms with Gasteiger partial charge in [0.15, 0.2) is 12.0 Å². The molecule has 9 atom stereocenters. The molecule has 4 nitrogen and oxygen atoms in total. The number of nitrogens with one attached hydrogen (secondary N) is 1. The Labute approximate surface area is 186 Å². The molecule has 0 radical (unpaired) electrons. The molecule has 4 aliphatic carbocycles. The number of ketones is 1. The van der Waals surface area contributed by atoms with Crippen molar-refractivity contribution in [1.82, 2.24) is 5.32 Å². The lowest BCUT2D eigenvalue weighted by atomic mass is 9.42. The molecular weight excluding hydrogens is 391 g/mol.